The number of hydrogen-bond donors (Lipinski definition) is 1. The minimum atomic E-state index is -3.39. The van der Waals surface area contributed by atoms with Crippen LogP contribution < -0.4 is 4.72 Å². The average molecular weight is 378 g/mol. The fourth-order valence-corrected chi connectivity index (χ4v) is 5.39. The molecule has 1 aliphatic carbocycles. The molecule has 4 rings (SSSR count). The van der Waals surface area contributed by atoms with Gasteiger partial charge in [0.1, 0.15) is 0 Å². The van der Waals surface area contributed by atoms with E-state index in [1.165, 1.54) is 0 Å². The quantitative estimate of drug-likeness (QED) is 0.833. The number of hydrogen-bond acceptors (Lipinski definition) is 5. The lowest BCUT2D eigenvalue weighted by atomic mass is 10.3. The van der Waals surface area contributed by atoms with Gasteiger partial charge in [-0.1, -0.05) is 25.0 Å². The van der Waals surface area contributed by atoms with Gasteiger partial charge in [-0.15, -0.1) is 0 Å². The second-order valence-electron chi connectivity index (χ2n) is 7.08. The van der Waals surface area contributed by atoms with E-state index in [2.05, 4.69) is 14.6 Å². The van der Waals surface area contributed by atoms with Gasteiger partial charge in [-0.2, -0.15) is 0 Å². The molecule has 1 aromatic heterocycles. The Balaban J connectivity index is 1.58. The summed E-state index contributed by atoms with van der Waals surface area (Å²) in [6.07, 6.45) is 3.45. The van der Waals surface area contributed by atoms with Gasteiger partial charge in [-0.3, -0.25) is 9.62 Å². The van der Waals surface area contributed by atoms with Crippen LogP contribution in [-0.4, -0.2) is 61.0 Å². The van der Waals surface area contributed by atoms with Gasteiger partial charge in [0.2, 0.25) is 16.0 Å². The van der Waals surface area contributed by atoms with Crippen molar-refractivity contribution in [3.05, 3.63) is 24.3 Å². The van der Waals surface area contributed by atoms with Gasteiger partial charge in [0.25, 0.3) is 0 Å². The van der Waals surface area contributed by atoms with Crippen molar-refractivity contribution in [2.75, 3.05) is 37.6 Å². The lowest BCUT2D eigenvalue weighted by Gasteiger charge is -2.27. The van der Waals surface area contributed by atoms with Crippen molar-refractivity contribution in [3.63, 3.8) is 0 Å². The first-order valence-corrected chi connectivity index (χ1v) is 11.0. The third-order valence-corrected chi connectivity index (χ3v) is 7.19. The number of imidazole rings is 1. The van der Waals surface area contributed by atoms with Crippen LogP contribution in [0.25, 0.3) is 11.0 Å². The minimum absolute atomic E-state index is 0.296. The largest absolute Gasteiger partial charge is 0.379 e. The molecule has 2 heterocycles. The van der Waals surface area contributed by atoms with Crippen LogP contribution in [0.3, 0.4) is 0 Å². The summed E-state index contributed by atoms with van der Waals surface area (Å²) in [4.78, 5) is 6.90. The fraction of sp³-hybridized carbons (Fsp3) is 0.611. The van der Waals surface area contributed by atoms with E-state index in [1.807, 2.05) is 28.8 Å². The summed E-state index contributed by atoms with van der Waals surface area (Å²) in [5.41, 5.74) is 1.78. The molecule has 1 aliphatic heterocycles. The molecule has 1 aromatic carbocycles. The van der Waals surface area contributed by atoms with Crippen LogP contribution in [0.1, 0.15) is 25.7 Å². The van der Waals surface area contributed by atoms with Crippen molar-refractivity contribution < 1.29 is 13.2 Å². The maximum absolute atomic E-state index is 12.7. The standard InChI is InChI=1S/C18H26N4O3S/c23-26(24,15-5-1-2-6-15)20-18-19-16-7-3-4-8-17(16)22(18)10-9-21-11-13-25-14-12-21/h3-4,7-8,15H,1-2,5-6,9-14H2,(H,19,20). The zero-order chi connectivity index (χ0) is 18.0. The number of anilines is 1. The summed E-state index contributed by atoms with van der Waals surface area (Å²) in [7, 11) is -3.39. The highest BCUT2D eigenvalue weighted by molar-refractivity contribution is 7.93. The van der Waals surface area contributed by atoms with Crippen LogP contribution in [0, 0.1) is 0 Å². The van der Waals surface area contributed by atoms with Crippen LogP contribution in [0.15, 0.2) is 24.3 Å². The van der Waals surface area contributed by atoms with E-state index in [4.69, 9.17) is 4.74 Å². The van der Waals surface area contributed by atoms with Gasteiger partial charge >= 0.3 is 0 Å². The van der Waals surface area contributed by atoms with E-state index < -0.39 is 10.0 Å². The zero-order valence-corrected chi connectivity index (χ0v) is 15.7. The smallest absolute Gasteiger partial charge is 0.237 e. The van der Waals surface area contributed by atoms with Crippen LogP contribution in [0.4, 0.5) is 5.95 Å². The number of aromatic nitrogens is 2. The Labute approximate surface area is 154 Å². The SMILES string of the molecule is O=S(=O)(Nc1nc2ccccc2n1CCN1CCOCC1)C1CCCC1. The zero-order valence-electron chi connectivity index (χ0n) is 14.9. The predicted octanol–water partition coefficient (Wildman–Crippen LogP) is 2.05. The topological polar surface area (TPSA) is 76.5 Å². The van der Waals surface area contributed by atoms with Gasteiger partial charge in [0.05, 0.1) is 29.5 Å². The van der Waals surface area contributed by atoms with E-state index in [0.717, 1.165) is 69.6 Å². The first-order chi connectivity index (χ1) is 12.6. The molecular weight excluding hydrogens is 352 g/mol. The first kappa shape index (κ1) is 17.8. The number of para-hydroxylation sites is 2. The summed E-state index contributed by atoms with van der Waals surface area (Å²) in [5, 5.41) is -0.296. The number of nitrogens with one attached hydrogen (secondary N) is 1. The summed E-state index contributed by atoms with van der Waals surface area (Å²) in [6.45, 7) is 4.88. The third-order valence-electron chi connectivity index (χ3n) is 5.37. The van der Waals surface area contributed by atoms with E-state index in [9.17, 15) is 8.42 Å². The molecule has 0 spiro atoms. The van der Waals surface area contributed by atoms with E-state index in [-0.39, 0.29) is 5.25 Å². The summed E-state index contributed by atoms with van der Waals surface area (Å²) >= 11 is 0. The third kappa shape index (κ3) is 3.72. The van der Waals surface area contributed by atoms with Crippen LogP contribution in [-0.2, 0) is 21.3 Å². The Morgan fingerprint density at radius 3 is 2.62 bits per heavy atom. The summed E-state index contributed by atoms with van der Waals surface area (Å²) in [5.74, 6) is 0.436. The monoisotopic (exact) mass is 378 g/mol. The van der Waals surface area contributed by atoms with E-state index in [1.54, 1.807) is 0 Å². The van der Waals surface area contributed by atoms with Crippen LogP contribution in [0.2, 0.25) is 0 Å². The number of fused-ring (bicyclic) bond motifs is 1. The average Bonchev–Trinajstić information content (AvgIpc) is 3.29. The van der Waals surface area contributed by atoms with E-state index in [0.29, 0.717) is 12.5 Å². The molecule has 0 atom stereocenters. The Morgan fingerprint density at radius 1 is 1.12 bits per heavy atom. The maximum Gasteiger partial charge on any atom is 0.237 e. The number of benzene rings is 1. The first-order valence-electron chi connectivity index (χ1n) is 9.40. The summed E-state index contributed by atoms with van der Waals surface area (Å²) < 4.78 is 35.7. The van der Waals surface area contributed by atoms with Crippen molar-refractivity contribution in [2.24, 2.45) is 0 Å². The van der Waals surface area contributed by atoms with Crippen molar-refractivity contribution in [1.29, 1.82) is 0 Å². The molecular formula is C18H26N4O3S. The number of rotatable bonds is 6. The van der Waals surface area contributed by atoms with Crippen molar-refractivity contribution in [2.45, 2.75) is 37.5 Å². The van der Waals surface area contributed by atoms with Gasteiger partial charge in [-0.25, -0.2) is 13.4 Å². The molecule has 1 N–H and O–H groups in total. The van der Waals surface area contributed by atoms with Crippen molar-refractivity contribution in [1.82, 2.24) is 14.5 Å². The van der Waals surface area contributed by atoms with Gasteiger partial charge in [0.15, 0.2) is 0 Å². The van der Waals surface area contributed by atoms with Crippen LogP contribution >= 0.6 is 0 Å². The molecule has 1 saturated heterocycles. The van der Waals surface area contributed by atoms with Gasteiger partial charge < -0.3 is 9.30 Å². The Kier molecular flexibility index (Phi) is 5.15. The molecule has 1 saturated carbocycles. The van der Waals surface area contributed by atoms with Crippen molar-refractivity contribution >= 4 is 27.0 Å². The number of sulfonamides is 1. The normalized spacial score (nSPS) is 20.0. The second kappa shape index (κ2) is 7.54. The number of nitrogens with zero attached hydrogens (tertiary/aromatic N) is 3. The molecule has 0 amide bonds. The van der Waals surface area contributed by atoms with Gasteiger partial charge in [0, 0.05) is 26.2 Å². The maximum atomic E-state index is 12.7. The second-order valence-corrected chi connectivity index (χ2v) is 9.04. The molecule has 0 unspecified atom stereocenters. The Bertz CT molecular complexity index is 852. The molecule has 0 radical (unpaired) electrons. The highest BCUT2D eigenvalue weighted by Crippen LogP contribution is 2.27. The lowest BCUT2D eigenvalue weighted by Crippen LogP contribution is -2.38. The molecule has 8 heteroatoms. The Morgan fingerprint density at radius 2 is 1.85 bits per heavy atom. The number of morpholine rings is 1. The van der Waals surface area contributed by atoms with Crippen LogP contribution in [0.5, 0.6) is 0 Å². The predicted molar refractivity (Wildman–Crippen MR) is 102 cm³/mol. The van der Waals surface area contributed by atoms with Gasteiger partial charge in [-0.05, 0) is 25.0 Å². The lowest BCUT2D eigenvalue weighted by molar-refractivity contribution is 0.0366. The molecule has 2 aromatic rings. The molecule has 26 heavy (non-hydrogen) atoms. The Hall–Kier alpha value is -1.64. The highest BCUT2D eigenvalue weighted by atomic mass is 32.2. The van der Waals surface area contributed by atoms with E-state index >= 15 is 0 Å². The molecule has 2 aliphatic rings. The molecule has 2 fully saturated rings. The number of ether oxygens (including phenoxy) is 1. The fourth-order valence-electron chi connectivity index (χ4n) is 3.86. The highest BCUT2D eigenvalue weighted by Gasteiger charge is 2.30. The minimum Gasteiger partial charge on any atom is -0.379 e. The molecule has 7 nitrogen and oxygen atoms in total. The molecule has 0 bridgehead atoms. The summed E-state index contributed by atoms with van der Waals surface area (Å²) in [6, 6.07) is 7.81. The molecule has 142 valence electrons. The van der Waals surface area contributed by atoms with Crippen molar-refractivity contribution in [3.8, 4) is 0 Å².